The van der Waals surface area contributed by atoms with Gasteiger partial charge in [0.1, 0.15) is 0 Å². The predicted octanol–water partition coefficient (Wildman–Crippen LogP) is 4.11. The molecule has 1 nitrogen and oxygen atoms in total. The lowest BCUT2D eigenvalue weighted by Crippen LogP contribution is -2.36. The molecular weight excluding hydrogens is 275 g/mol. The molecular formula is C14H19ClF3N. The Bertz CT molecular complexity index is 340. The van der Waals surface area contributed by atoms with Crippen LogP contribution in [0.25, 0.3) is 0 Å². The number of aryl methyl sites for hydroxylation is 1. The van der Waals surface area contributed by atoms with Crippen LogP contribution < -0.4 is 0 Å². The average Bonchev–Trinajstić information content (AvgIpc) is 2.34. The van der Waals surface area contributed by atoms with Gasteiger partial charge in [0.15, 0.2) is 0 Å². The van der Waals surface area contributed by atoms with Crippen LogP contribution in [0.4, 0.5) is 13.2 Å². The zero-order chi connectivity index (χ0) is 14.1. The van der Waals surface area contributed by atoms with Crippen molar-refractivity contribution in [1.82, 2.24) is 4.90 Å². The fraction of sp³-hybridized carbons (Fsp3) is 0.571. The van der Waals surface area contributed by atoms with Crippen LogP contribution in [0, 0.1) is 0 Å². The smallest absolute Gasteiger partial charge is 0.294 e. The van der Waals surface area contributed by atoms with Crippen LogP contribution in [-0.2, 0) is 6.42 Å². The molecule has 1 rings (SSSR count). The van der Waals surface area contributed by atoms with Gasteiger partial charge in [-0.25, -0.2) is 0 Å². The first-order valence-corrected chi connectivity index (χ1v) is 6.94. The van der Waals surface area contributed by atoms with Gasteiger partial charge in [0, 0.05) is 12.4 Å². The minimum atomic E-state index is -4.15. The third kappa shape index (κ3) is 8.11. The average molecular weight is 294 g/mol. The van der Waals surface area contributed by atoms with Crippen molar-refractivity contribution in [3.63, 3.8) is 0 Å². The normalized spacial score (nSPS) is 12.1. The molecule has 1 aromatic carbocycles. The zero-order valence-electron chi connectivity index (χ0n) is 10.8. The van der Waals surface area contributed by atoms with Gasteiger partial charge in [0.2, 0.25) is 0 Å². The SMILES string of the molecule is FC(F)(F)CN(CCCl)CCCCc1ccccc1. The fourth-order valence-electron chi connectivity index (χ4n) is 1.95. The molecule has 0 bridgehead atoms. The number of hydrogen-bond acceptors (Lipinski definition) is 1. The summed E-state index contributed by atoms with van der Waals surface area (Å²) in [6.07, 6.45) is -1.60. The van der Waals surface area contributed by atoms with E-state index in [9.17, 15) is 13.2 Å². The standard InChI is InChI=1S/C14H19ClF3N/c15-9-11-19(12-14(16,17)18)10-5-4-8-13-6-2-1-3-7-13/h1-3,6-7H,4-5,8-12H2. The maximum Gasteiger partial charge on any atom is 0.401 e. The topological polar surface area (TPSA) is 3.24 Å². The largest absolute Gasteiger partial charge is 0.401 e. The number of hydrogen-bond donors (Lipinski definition) is 0. The Labute approximate surface area is 117 Å². The van der Waals surface area contributed by atoms with Gasteiger partial charge in [-0.2, -0.15) is 13.2 Å². The summed E-state index contributed by atoms with van der Waals surface area (Å²) in [6, 6.07) is 9.96. The highest BCUT2D eigenvalue weighted by atomic mass is 35.5. The molecule has 0 saturated carbocycles. The lowest BCUT2D eigenvalue weighted by atomic mass is 10.1. The molecule has 1 aromatic rings. The molecule has 19 heavy (non-hydrogen) atoms. The van der Waals surface area contributed by atoms with Crippen molar-refractivity contribution in [1.29, 1.82) is 0 Å². The molecule has 108 valence electrons. The lowest BCUT2D eigenvalue weighted by Gasteiger charge is -2.22. The zero-order valence-corrected chi connectivity index (χ0v) is 11.6. The Morgan fingerprint density at radius 1 is 1.00 bits per heavy atom. The molecule has 0 spiro atoms. The van der Waals surface area contributed by atoms with Crippen LogP contribution in [0.2, 0.25) is 0 Å². The van der Waals surface area contributed by atoms with E-state index in [0.29, 0.717) is 6.54 Å². The Morgan fingerprint density at radius 3 is 2.26 bits per heavy atom. The highest BCUT2D eigenvalue weighted by molar-refractivity contribution is 6.18. The number of unbranched alkanes of at least 4 members (excludes halogenated alkanes) is 1. The summed E-state index contributed by atoms with van der Waals surface area (Å²) >= 11 is 5.52. The number of benzene rings is 1. The summed E-state index contributed by atoms with van der Waals surface area (Å²) in [6.45, 7) is -0.142. The molecule has 5 heteroatoms. The van der Waals surface area contributed by atoms with E-state index in [1.807, 2.05) is 30.3 Å². The quantitative estimate of drug-likeness (QED) is 0.515. The van der Waals surface area contributed by atoms with E-state index < -0.39 is 12.7 Å². The van der Waals surface area contributed by atoms with Crippen LogP contribution in [0.15, 0.2) is 30.3 Å². The van der Waals surface area contributed by atoms with E-state index in [1.165, 1.54) is 10.5 Å². The second kappa shape index (κ2) is 8.43. The van der Waals surface area contributed by atoms with Crippen LogP contribution >= 0.6 is 11.6 Å². The highest BCUT2D eigenvalue weighted by Crippen LogP contribution is 2.17. The third-order valence-corrected chi connectivity index (χ3v) is 3.01. The Kier molecular flexibility index (Phi) is 7.24. The van der Waals surface area contributed by atoms with Crippen molar-refractivity contribution in [2.75, 3.05) is 25.5 Å². The van der Waals surface area contributed by atoms with Gasteiger partial charge in [-0.1, -0.05) is 30.3 Å². The van der Waals surface area contributed by atoms with Crippen LogP contribution in [0.1, 0.15) is 18.4 Å². The number of alkyl halides is 4. The van der Waals surface area contributed by atoms with Crippen molar-refractivity contribution < 1.29 is 13.2 Å². The van der Waals surface area contributed by atoms with E-state index in [1.54, 1.807) is 0 Å². The van der Waals surface area contributed by atoms with Crippen molar-refractivity contribution in [2.24, 2.45) is 0 Å². The Hall–Kier alpha value is -0.740. The lowest BCUT2D eigenvalue weighted by molar-refractivity contribution is -0.145. The minimum Gasteiger partial charge on any atom is -0.294 e. The maximum atomic E-state index is 12.3. The van der Waals surface area contributed by atoms with Gasteiger partial charge in [0.05, 0.1) is 6.54 Å². The monoisotopic (exact) mass is 293 g/mol. The second-order valence-electron chi connectivity index (χ2n) is 4.52. The molecule has 0 heterocycles. The van der Waals surface area contributed by atoms with Crippen molar-refractivity contribution >= 4 is 11.6 Å². The summed E-state index contributed by atoms with van der Waals surface area (Å²) in [5.74, 6) is 0.231. The molecule has 0 aliphatic carbocycles. The summed E-state index contributed by atoms with van der Waals surface area (Å²) in [5, 5.41) is 0. The number of nitrogens with zero attached hydrogens (tertiary/aromatic N) is 1. The molecule has 0 N–H and O–H groups in total. The van der Waals surface area contributed by atoms with Gasteiger partial charge in [0.25, 0.3) is 0 Å². The maximum absolute atomic E-state index is 12.3. The summed E-state index contributed by atoms with van der Waals surface area (Å²) < 4.78 is 37.0. The van der Waals surface area contributed by atoms with E-state index in [0.717, 1.165) is 19.3 Å². The summed E-state index contributed by atoms with van der Waals surface area (Å²) in [4.78, 5) is 1.37. The molecule has 0 radical (unpaired) electrons. The summed E-state index contributed by atoms with van der Waals surface area (Å²) in [7, 11) is 0. The third-order valence-electron chi connectivity index (χ3n) is 2.84. The first-order chi connectivity index (χ1) is 9.01. The van der Waals surface area contributed by atoms with E-state index in [2.05, 4.69) is 0 Å². The van der Waals surface area contributed by atoms with E-state index in [-0.39, 0.29) is 12.4 Å². The predicted molar refractivity (Wildman–Crippen MR) is 72.6 cm³/mol. The van der Waals surface area contributed by atoms with E-state index >= 15 is 0 Å². The van der Waals surface area contributed by atoms with Crippen LogP contribution in [0.5, 0.6) is 0 Å². The Balaban J connectivity index is 2.24. The van der Waals surface area contributed by atoms with Gasteiger partial charge in [-0.3, -0.25) is 4.90 Å². The van der Waals surface area contributed by atoms with Crippen molar-refractivity contribution in [3.8, 4) is 0 Å². The molecule has 0 aliphatic rings. The van der Waals surface area contributed by atoms with Crippen molar-refractivity contribution in [2.45, 2.75) is 25.4 Å². The molecule has 0 saturated heterocycles. The first-order valence-electron chi connectivity index (χ1n) is 6.40. The minimum absolute atomic E-state index is 0.231. The van der Waals surface area contributed by atoms with Gasteiger partial charge < -0.3 is 0 Å². The number of rotatable bonds is 8. The molecule has 0 aromatic heterocycles. The number of halogens is 4. The molecule has 0 atom stereocenters. The molecule has 0 unspecified atom stereocenters. The second-order valence-corrected chi connectivity index (χ2v) is 4.90. The van der Waals surface area contributed by atoms with Gasteiger partial charge in [-0.05, 0) is 31.4 Å². The van der Waals surface area contributed by atoms with Gasteiger partial charge in [-0.15, -0.1) is 11.6 Å². The molecule has 0 fully saturated rings. The Morgan fingerprint density at radius 2 is 1.68 bits per heavy atom. The fourth-order valence-corrected chi connectivity index (χ4v) is 2.19. The van der Waals surface area contributed by atoms with Crippen LogP contribution in [-0.4, -0.2) is 36.6 Å². The van der Waals surface area contributed by atoms with E-state index in [4.69, 9.17) is 11.6 Å². The van der Waals surface area contributed by atoms with Crippen molar-refractivity contribution in [3.05, 3.63) is 35.9 Å². The molecule has 0 aliphatic heterocycles. The molecule has 0 amide bonds. The first kappa shape index (κ1) is 16.3. The van der Waals surface area contributed by atoms with Crippen LogP contribution in [0.3, 0.4) is 0 Å². The highest BCUT2D eigenvalue weighted by Gasteiger charge is 2.30. The summed E-state index contributed by atoms with van der Waals surface area (Å²) in [5.41, 5.74) is 1.22. The van der Waals surface area contributed by atoms with Gasteiger partial charge >= 0.3 is 6.18 Å².